The first-order chi connectivity index (χ1) is 9.20. The maximum absolute atomic E-state index is 13.2. The van der Waals surface area contributed by atoms with Crippen molar-refractivity contribution in [3.05, 3.63) is 53.2 Å². The van der Waals surface area contributed by atoms with Gasteiger partial charge in [0.05, 0.1) is 12.2 Å². The fraction of sp³-hybridized carbons (Fsp3) is 0.400. The molecule has 0 saturated carbocycles. The van der Waals surface area contributed by atoms with Crippen LogP contribution in [0, 0.1) is 12.7 Å². The molecule has 1 aromatic heterocycles. The van der Waals surface area contributed by atoms with Crippen LogP contribution in [0.5, 0.6) is 0 Å². The van der Waals surface area contributed by atoms with Crippen LogP contribution in [0.15, 0.2) is 34.9 Å². The van der Waals surface area contributed by atoms with Crippen molar-refractivity contribution < 1.29 is 8.91 Å². The Balaban J connectivity index is 1.64. The summed E-state index contributed by atoms with van der Waals surface area (Å²) in [5, 5.41) is 3.90. The molecule has 0 spiro atoms. The first-order valence-corrected chi connectivity index (χ1v) is 6.61. The van der Waals surface area contributed by atoms with E-state index in [1.54, 1.807) is 12.1 Å². The summed E-state index contributed by atoms with van der Waals surface area (Å²) in [6.45, 7) is 4.67. The van der Waals surface area contributed by atoms with E-state index in [4.69, 9.17) is 4.52 Å². The average Bonchev–Trinajstić information content (AvgIpc) is 2.99. The number of nitrogens with zero attached hydrogens (tertiary/aromatic N) is 2. The second-order valence-electron chi connectivity index (χ2n) is 5.21. The molecule has 2 heterocycles. The van der Waals surface area contributed by atoms with E-state index in [-0.39, 0.29) is 5.82 Å². The van der Waals surface area contributed by atoms with Gasteiger partial charge in [-0.05, 0) is 43.5 Å². The van der Waals surface area contributed by atoms with Crippen LogP contribution >= 0.6 is 0 Å². The van der Waals surface area contributed by atoms with Crippen molar-refractivity contribution in [2.75, 3.05) is 13.1 Å². The van der Waals surface area contributed by atoms with Crippen molar-refractivity contribution in [1.29, 1.82) is 0 Å². The molecule has 1 aliphatic heterocycles. The Hall–Kier alpha value is -1.68. The van der Waals surface area contributed by atoms with Crippen molar-refractivity contribution in [3.8, 4) is 0 Å². The summed E-state index contributed by atoms with van der Waals surface area (Å²) in [5.74, 6) is 1.17. The first-order valence-electron chi connectivity index (χ1n) is 6.61. The van der Waals surface area contributed by atoms with Crippen LogP contribution in [0.25, 0.3) is 0 Å². The number of halogens is 1. The second kappa shape index (κ2) is 5.13. The van der Waals surface area contributed by atoms with Gasteiger partial charge in [-0.15, -0.1) is 0 Å². The van der Waals surface area contributed by atoms with Gasteiger partial charge in [-0.3, -0.25) is 4.90 Å². The van der Waals surface area contributed by atoms with E-state index in [0.717, 1.165) is 43.1 Å². The lowest BCUT2D eigenvalue weighted by Gasteiger charge is -2.14. The zero-order valence-electron chi connectivity index (χ0n) is 11.0. The molecule has 2 aromatic rings. The number of hydrogen-bond donors (Lipinski definition) is 0. The Bertz CT molecular complexity index is 567. The molecule has 100 valence electrons. The summed E-state index contributed by atoms with van der Waals surface area (Å²) in [7, 11) is 0. The molecular weight excluding hydrogens is 243 g/mol. The summed E-state index contributed by atoms with van der Waals surface area (Å²) in [6, 6.07) is 8.90. The molecule has 0 N–H and O–H groups in total. The predicted octanol–water partition coefficient (Wildman–Crippen LogP) is 3.11. The lowest BCUT2D eigenvalue weighted by Crippen LogP contribution is -2.19. The number of benzene rings is 1. The van der Waals surface area contributed by atoms with Crippen LogP contribution in [0.1, 0.15) is 29.4 Å². The Morgan fingerprint density at radius 3 is 3.05 bits per heavy atom. The number of aryl methyl sites for hydroxylation is 1. The molecule has 0 aliphatic carbocycles. The smallest absolute Gasteiger partial charge is 0.150 e. The Morgan fingerprint density at radius 2 is 2.32 bits per heavy atom. The van der Waals surface area contributed by atoms with Gasteiger partial charge in [-0.2, -0.15) is 0 Å². The molecule has 19 heavy (non-hydrogen) atoms. The lowest BCUT2D eigenvalue weighted by atomic mass is 9.98. The third-order valence-corrected chi connectivity index (χ3v) is 3.65. The average molecular weight is 260 g/mol. The molecule has 3 nitrogen and oxygen atoms in total. The van der Waals surface area contributed by atoms with Gasteiger partial charge in [0.25, 0.3) is 0 Å². The van der Waals surface area contributed by atoms with Gasteiger partial charge < -0.3 is 4.52 Å². The van der Waals surface area contributed by atoms with Gasteiger partial charge in [0.15, 0.2) is 5.76 Å². The van der Waals surface area contributed by atoms with Gasteiger partial charge in [0.2, 0.25) is 0 Å². The molecule has 0 unspecified atom stereocenters. The summed E-state index contributed by atoms with van der Waals surface area (Å²) in [4.78, 5) is 2.33. The van der Waals surface area contributed by atoms with E-state index in [0.29, 0.717) is 5.92 Å². The standard InChI is InChI=1S/C15H17FN2O/c1-11-7-15(19-17-11)10-18-6-5-13(9-18)12-3-2-4-14(16)8-12/h2-4,7-8,13H,5-6,9-10H2,1H3/t13-/m0/s1. The molecule has 0 bridgehead atoms. The van der Waals surface area contributed by atoms with Crippen molar-refractivity contribution in [3.63, 3.8) is 0 Å². The molecule has 0 amide bonds. The third kappa shape index (κ3) is 2.84. The van der Waals surface area contributed by atoms with Gasteiger partial charge in [0.1, 0.15) is 5.82 Å². The zero-order chi connectivity index (χ0) is 13.2. The minimum absolute atomic E-state index is 0.151. The third-order valence-electron chi connectivity index (χ3n) is 3.65. The topological polar surface area (TPSA) is 29.3 Å². The normalized spacial score (nSPS) is 20.0. The highest BCUT2D eigenvalue weighted by atomic mass is 19.1. The molecule has 4 heteroatoms. The molecule has 1 fully saturated rings. The maximum atomic E-state index is 13.2. The molecule has 1 aromatic carbocycles. The minimum atomic E-state index is -0.151. The maximum Gasteiger partial charge on any atom is 0.150 e. The van der Waals surface area contributed by atoms with Crippen LogP contribution in [0.3, 0.4) is 0 Å². The van der Waals surface area contributed by atoms with Gasteiger partial charge in [-0.25, -0.2) is 4.39 Å². The number of rotatable bonds is 3. The highest BCUT2D eigenvalue weighted by Crippen LogP contribution is 2.28. The van der Waals surface area contributed by atoms with Crippen LogP contribution in [-0.2, 0) is 6.54 Å². The second-order valence-corrected chi connectivity index (χ2v) is 5.21. The number of hydrogen-bond acceptors (Lipinski definition) is 3. The van der Waals surface area contributed by atoms with E-state index in [2.05, 4.69) is 10.1 Å². The van der Waals surface area contributed by atoms with E-state index in [9.17, 15) is 4.39 Å². The predicted molar refractivity (Wildman–Crippen MR) is 70.3 cm³/mol. The first kappa shape index (κ1) is 12.4. The zero-order valence-corrected chi connectivity index (χ0v) is 11.0. The molecule has 1 aliphatic rings. The highest BCUT2D eigenvalue weighted by Gasteiger charge is 2.24. The van der Waals surface area contributed by atoms with E-state index in [1.807, 2.05) is 19.1 Å². The molecular formula is C15H17FN2O. The van der Waals surface area contributed by atoms with Gasteiger partial charge in [-0.1, -0.05) is 17.3 Å². The van der Waals surface area contributed by atoms with E-state index in [1.165, 1.54) is 6.07 Å². The summed E-state index contributed by atoms with van der Waals surface area (Å²) in [6.07, 6.45) is 1.07. The SMILES string of the molecule is Cc1cc(CN2CC[C@H](c3cccc(F)c3)C2)on1. The van der Waals surface area contributed by atoms with Gasteiger partial charge in [0, 0.05) is 12.6 Å². The highest BCUT2D eigenvalue weighted by molar-refractivity contribution is 5.22. The van der Waals surface area contributed by atoms with Crippen molar-refractivity contribution >= 4 is 0 Å². The molecule has 1 saturated heterocycles. The monoisotopic (exact) mass is 260 g/mol. The lowest BCUT2D eigenvalue weighted by molar-refractivity contribution is 0.271. The summed E-state index contributed by atoms with van der Waals surface area (Å²) >= 11 is 0. The van der Waals surface area contributed by atoms with Crippen LogP contribution < -0.4 is 0 Å². The number of likely N-dealkylation sites (tertiary alicyclic amines) is 1. The Morgan fingerprint density at radius 1 is 1.42 bits per heavy atom. The Labute approximate surface area is 112 Å². The van der Waals surface area contributed by atoms with Crippen molar-refractivity contribution in [2.24, 2.45) is 0 Å². The van der Waals surface area contributed by atoms with Gasteiger partial charge >= 0.3 is 0 Å². The quantitative estimate of drug-likeness (QED) is 0.849. The molecule has 0 radical (unpaired) electrons. The van der Waals surface area contributed by atoms with Crippen LogP contribution in [-0.4, -0.2) is 23.1 Å². The summed E-state index contributed by atoms with van der Waals surface area (Å²) in [5.41, 5.74) is 2.01. The minimum Gasteiger partial charge on any atom is -0.360 e. The van der Waals surface area contributed by atoms with Crippen LogP contribution in [0.2, 0.25) is 0 Å². The molecule has 3 rings (SSSR count). The fourth-order valence-electron chi connectivity index (χ4n) is 2.72. The molecule has 1 atom stereocenters. The summed E-state index contributed by atoms with van der Waals surface area (Å²) < 4.78 is 18.5. The largest absolute Gasteiger partial charge is 0.360 e. The fourth-order valence-corrected chi connectivity index (χ4v) is 2.72. The van der Waals surface area contributed by atoms with E-state index >= 15 is 0 Å². The van der Waals surface area contributed by atoms with Crippen molar-refractivity contribution in [2.45, 2.75) is 25.8 Å². The van der Waals surface area contributed by atoms with Crippen LogP contribution in [0.4, 0.5) is 4.39 Å². The van der Waals surface area contributed by atoms with E-state index < -0.39 is 0 Å². The Kier molecular flexibility index (Phi) is 3.34. The van der Waals surface area contributed by atoms with Crippen molar-refractivity contribution in [1.82, 2.24) is 10.1 Å². The number of aromatic nitrogens is 1.